The van der Waals surface area contributed by atoms with Crippen LogP contribution < -0.4 is 9.47 Å². The largest absolute Gasteiger partial charge is 0.496 e. The molecule has 154 valence electrons. The van der Waals surface area contributed by atoms with Gasteiger partial charge in [-0.05, 0) is 19.1 Å². The number of aryl methyl sites for hydroxylation is 1. The van der Waals surface area contributed by atoms with Crippen LogP contribution in [0.4, 0.5) is 0 Å². The lowest BCUT2D eigenvalue weighted by Crippen LogP contribution is -2.27. The minimum Gasteiger partial charge on any atom is -0.496 e. The molecular formula is C22H22N4O4. The Morgan fingerprint density at radius 3 is 2.60 bits per heavy atom. The van der Waals surface area contributed by atoms with Gasteiger partial charge >= 0.3 is 0 Å². The molecule has 0 aliphatic rings. The van der Waals surface area contributed by atoms with Gasteiger partial charge in [0.2, 0.25) is 0 Å². The number of hydrogen-bond donors (Lipinski definition) is 1. The van der Waals surface area contributed by atoms with Crippen molar-refractivity contribution in [3.63, 3.8) is 0 Å². The molecule has 0 fully saturated rings. The van der Waals surface area contributed by atoms with E-state index in [1.807, 2.05) is 43.3 Å². The summed E-state index contributed by atoms with van der Waals surface area (Å²) in [7, 11) is 3.33. The number of nitrogens with one attached hydrogen (secondary N) is 1. The van der Waals surface area contributed by atoms with E-state index in [0.717, 1.165) is 22.2 Å². The molecule has 4 aromatic rings. The van der Waals surface area contributed by atoms with Crippen molar-refractivity contribution in [1.82, 2.24) is 20.0 Å². The van der Waals surface area contributed by atoms with E-state index in [9.17, 15) is 4.79 Å². The number of imidazole rings is 1. The summed E-state index contributed by atoms with van der Waals surface area (Å²) >= 11 is 0. The third kappa shape index (κ3) is 3.98. The molecule has 8 heteroatoms. The monoisotopic (exact) mass is 406 g/mol. The molecule has 30 heavy (non-hydrogen) atoms. The van der Waals surface area contributed by atoms with Crippen molar-refractivity contribution in [2.45, 2.75) is 20.1 Å². The quantitative estimate of drug-likeness (QED) is 0.503. The standard InChI is InChI=1S/C22H22N4O4/c1-14-11-23-21(24-14)12-26(2)22(27)18-10-15(30-25-18)13-29-20-9-8-19(28-3)16-6-4-5-7-17(16)20/h4-11H,12-13H2,1-3H3,(H,23,24). The van der Waals surface area contributed by atoms with Crippen LogP contribution in [0.5, 0.6) is 11.5 Å². The van der Waals surface area contributed by atoms with Crippen LogP contribution in [0.25, 0.3) is 10.8 Å². The molecule has 4 rings (SSSR count). The summed E-state index contributed by atoms with van der Waals surface area (Å²) in [5.41, 5.74) is 1.16. The number of rotatable bonds is 7. The maximum absolute atomic E-state index is 12.6. The van der Waals surface area contributed by atoms with Gasteiger partial charge in [0.15, 0.2) is 11.5 Å². The van der Waals surface area contributed by atoms with Crippen molar-refractivity contribution in [1.29, 1.82) is 0 Å². The lowest BCUT2D eigenvalue weighted by molar-refractivity contribution is 0.0771. The van der Waals surface area contributed by atoms with Crippen LogP contribution in [0.3, 0.4) is 0 Å². The lowest BCUT2D eigenvalue weighted by Gasteiger charge is -2.13. The summed E-state index contributed by atoms with van der Waals surface area (Å²) in [6.45, 7) is 2.41. The van der Waals surface area contributed by atoms with E-state index in [2.05, 4.69) is 15.1 Å². The molecule has 1 amide bonds. The maximum Gasteiger partial charge on any atom is 0.276 e. The Balaban J connectivity index is 1.44. The fourth-order valence-electron chi connectivity index (χ4n) is 3.22. The highest BCUT2D eigenvalue weighted by Gasteiger charge is 2.18. The molecule has 8 nitrogen and oxygen atoms in total. The first-order valence-electron chi connectivity index (χ1n) is 9.45. The Bertz CT molecular complexity index is 1180. The second kappa shape index (κ2) is 8.28. The van der Waals surface area contributed by atoms with E-state index >= 15 is 0 Å². The number of carbonyl (C=O) groups is 1. The predicted octanol–water partition coefficient (Wildman–Crippen LogP) is 3.72. The lowest BCUT2D eigenvalue weighted by atomic mass is 10.1. The molecule has 0 aliphatic heterocycles. The Hall–Kier alpha value is -3.81. The normalized spacial score (nSPS) is 10.9. The van der Waals surface area contributed by atoms with Gasteiger partial charge in [0.1, 0.15) is 23.9 Å². The number of amides is 1. The fraction of sp³-hybridized carbons (Fsp3) is 0.227. The van der Waals surface area contributed by atoms with Crippen molar-refractivity contribution in [2.75, 3.05) is 14.2 Å². The van der Waals surface area contributed by atoms with E-state index in [0.29, 0.717) is 23.9 Å². The molecule has 0 radical (unpaired) electrons. The van der Waals surface area contributed by atoms with Gasteiger partial charge in [0.25, 0.3) is 5.91 Å². The minimum atomic E-state index is -0.256. The van der Waals surface area contributed by atoms with Gasteiger partial charge in [-0.25, -0.2) is 4.98 Å². The molecule has 2 heterocycles. The number of fused-ring (bicyclic) bond motifs is 1. The molecular weight excluding hydrogens is 384 g/mol. The number of methoxy groups -OCH3 is 1. The predicted molar refractivity (Wildman–Crippen MR) is 110 cm³/mol. The minimum absolute atomic E-state index is 0.150. The van der Waals surface area contributed by atoms with Crippen LogP contribution in [0.2, 0.25) is 0 Å². The van der Waals surface area contributed by atoms with Crippen molar-refractivity contribution in [3.05, 3.63) is 71.6 Å². The van der Waals surface area contributed by atoms with Gasteiger partial charge in [-0.15, -0.1) is 0 Å². The van der Waals surface area contributed by atoms with Crippen LogP contribution in [0.1, 0.15) is 27.8 Å². The summed E-state index contributed by atoms with van der Waals surface area (Å²) in [4.78, 5) is 21.4. The van der Waals surface area contributed by atoms with Crippen LogP contribution in [0.15, 0.2) is 53.2 Å². The van der Waals surface area contributed by atoms with Crippen molar-refractivity contribution in [3.8, 4) is 11.5 Å². The number of aromatic nitrogens is 3. The van der Waals surface area contributed by atoms with E-state index < -0.39 is 0 Å². The third-order valence-corrected chi connectivity index (χ3v) is 4.70. The van der Waals surface area contributed by atoms with Gasteiger partial charge < -0.3 is 23.9 Å². The van der Waals surface area contributed by atoms with E-state index in [-0.39, 0.29) is 18.2 Å². The average molecular weight is 406 g/mol. The van der Waals surface area contributed by atoms with Crippen LogP contribution >= 0.6 is 0 Å². The van der Waals surface area contributed by atoms with Gasteiger partial charge in [0.05, 0.1) is 13.7 Å². The first-order chi connectivity index (χ1) is 14.5. The van der Waals surface area contributed by atoms with Crippen molar-refractivity contribution >= 4 is 16.7 Å². The number of hydrogen-bond acceptors (Lipinski definition) is 6. The van der Waals surface area contributed by atoms with E-state index in [4.69, 9.17) is 14.0 Å². The average Bonchev–Trinajstić information content (AvgIpc) is 3.40. The summed E-state index contributed by atoms with van der Waals surface area (Å²) in [5, 5.41) is 5.78. The first-order valence-corrected chi connectivity index (χ1v) is 9.45. The summed E-state index contributed by atoms with van der Waals surface area (Å²) < 4.78 is 16.6. The molecule has 0 atom stereocenters. The third-order valence-electron chi connectivity index (χ3n) is 4.70. The zero-order valence-electron chi connectivity index (χ0n) is 17.0. The first kappa shape index (κ1) is 19.5. The van der Waals surface area contributed by atoms with Crippen molar-refractivity contribution < 1.29 is 18.8 Å². The topological polar surface area (TPSA) is 93.5 Å². The molecule has 1 N–H and O–H groups in total. The molecule has 2 aromatic carbocycles. The van der Waals surface area contributed by atoms with Crippen molar-refractivity contribution in [2.24, 2.45) is 0 Å². The van der Waals surface area contributed by atoms with E-state index in [1.165, 1.54) is 4.90 Å². The van der Waals surface area contributed by atoms with Gasteiger partial charge in [-0.1, -0.05) is 29.4 Å². The molecule has 0 saturated carbocycles. The van der Waals surface area contributed by atoms with Crippen LogP contribution in [-0.2, 0) is 13.2 Å². The van der Waals surface area contributed by atoms with Crippen LogP contribution in [0, 0.1) is 6.92 Å². The summed E-state index contributed by atoms with van der Waals surface area (Å²) in [6.07, 6.45) is 1.72. The second-order valence-electron chi connectivity index (χ2n) is 6.95. The highest BCUT2D eigenvalue weighted by Crippen LogP contribution is 2.33. The molecule has 0 unspecified atom stereocenters. The fourth-order valence-corrected chi connectivity index (χ4v) is 3.22. The maximum atomic E-state index is 12.6. The SMILES string of the molecule is COc1ccc(OCc2cc(C(=O)N(C)Cc3ncc(C)[nH]3)no2)c2ccccc12. The molecule has 0 bridgehead atoms. The highest BCUT2D eigenvalue weighted by atomic mass is 16.5. The Labute approximate surface area is 173 Å². The molecule has 0 spiro atoms. The van der Waals surface area contributed by atoms with Gasteiger partial charge in [-0.3, -0.25) is 4.79 Å². The molecule has 2 aromatic heterocycles. The molecule has 0 aliphatic carbocycles. The highest BCUT2D eigenvalue weighted by molar-refractivity contribution is 5.93. The number of ether oxygens (including phenoxy) is 2. The Morgan fingerprint density at radius 2 is 1.90 bits per heavy atom. The van der Waals surface area contributed by atoms with E-state index in [1.54, 1.807) is 26.4 Å². The Morgan fingerprint density at radius 1 is 1.17 bits per heavy atom. The summed E-state index contributed by atoms with van der Waals surface area (Å²) in [6, 6.07) is 13.1. The van der Waals surface area contributed by atoms with Gasteiger partial charge in [-0.2, -0.15) is 0 Å². The number of nitrogens with zero attached hydrogens (tertiary/aromatic N) is 3. The number of benzene rings is 2. The zero-order chi connectivity index (χ0) is 21.1. The van der Waals surface area contributed by atoms with Gasteiger partial charge in [0, 0.05) is 35.8 Å². The number of aromatic amines is 1. The second-order valence-corrected chi connectivity index (χ2v) is 6.95. The Kier molecular flexibility index (Phi) is 5.38. The zero-order valence-corrected chi connectivity index (χ0v) is 17.0. The number of H-pyrrole nitrogens is 1. The number of carbonyl (C=O) groups excluding carboxylic acids is 1. The summed E-state index contributed by atoms with van der Waals surface area (Å²) in [5.74, 6) is 2.39. The molecule has 0 saturated heterocycles. The smallest absolute Gasteiger partial charge is 0.276 e. The van der Waals surface area contributed by atoms with Crippen LogP contribution in [-0.4, -0.2) is 40.1 Å².